The Bertz CT molecular complexity index is 4790. The summed E-state index contributed by atoms with van der Waals surface area (Å²) in [4.78, 5) is 2.37. The molecule has 0 aliphatic heterocycles. The number of halogens is 2. The number of hydrogen-bond acceptors (Lipinski definition) is 3. The monoisotopic (exact) mass is 1190 g/mol. The van der Waals surface area contributed by atoms with E-state index in [1.807, 2.05) is 109 Å². The molecule has 2 atom stereocenters. The van der Waals surface area contributed by atoms with Gasteiger partial charge in [0.25, 0.3) is 0 Å². The number of fused-ring (bicyclic) bond motifs is 9. The highest BCUT2D eigenvalue weighted by atomic mass is 19.1. The molecule has 92 heavy (non-hydrogen) atoms. The lowest BCUT2D eigenvalue weighted by atomic mass is 9.67. The van der Waals surface area contributed by atoms with Crippen LogP contribution >= 0.6 is 0 Å². The molecule has 13 aromatic carbocycles. The summed E-state index contributed by atoms with van der Waals surface area (Å²) >= 11 is 0. The number of hydrogen-bond donors (Lipinski definition) is 0. The predicted molar refractivity (Wildman–Crippen MR) is 372 cm³/mol. The Balaban J connectivity index is 0.894. The van der Waals surface area contributed by atoms with Crippen molar-refractivity contribution < 1.29 is 18.3 Å². The summed E-state index contributed by atoms with van der Waals surface area (Å²) in [6.45, 7) is 12.5. The van der Waals surface area contributed by atoms with E-state index in [-0.39, 0.29) is 17.0 Å². The molecule has 16 rings (SSSR count). The molecule has 5 heteroatoms. The maximum absolute atomic E-state index is 15.4. The summed E-state index contributed by atoms with van der Waals surface area (Å²) in [7, 11) is 0. The first-order valence-corrected chi connectivity index (χ1v) is 31.2. The van der Waals surface area contributed by atoms with Crippen LogP contribution in [0.25, 0.3) is 56.7 Å². The molecular weight excluding hydrogens is 1130 g/mol. The van der Waals surface area contributed by atoms with E-state index in [1.165, 1.54) is 22.3 Å². The third-order valence-corrected chi connectivity index (χ3v) is 19.4. The molecule has 0 amide bonds. The second-order valence-electron chi connectivity index (χ2n) is 24.7. The van der Waals surface area contributed by atoms with E-state index in [0.29, 0.717) is 23.0 Å². The van der Waals surface area contributed by atoms with Gasteiger partial charge in [-0.15, -0.1) is 0 Å². The fraction of sp³-hybridized carbons (Fsp3) is 0.0575. The minimum Gasteiger partial charge on any atom is -0.457 e. The molecule has 3 aliphatic carbocycles. The standard InChI is InChI=1S/C87H61F2NO2/c1-5-56-19-42-69(43-20-56)91-71-46-30-62(31-47-71)86(60-26-34-64(88)35-27-60)81-17-11-8-13-73(81)76-50-40-67(54-83(76)86)90(66-38-23-58(24-39-66)59-25-52-80-78(53-59)75-15-7-10-16-79(75)85(80,3)4)68-41-51-77-74-14-9-12-18-82(74)87(84(77)55-68,61-28-36-65(89)37-29-61)63-32-48-72(49-33-63)92-70-44-21-57(6-2)22-45-70/h5-55H,1-2H2,3-4H3. The average Bonchev–Trinajstić information content (AvgIpc) is 1.55. The zero-order valence-electron chi connectivity index (χ0n) is 50.9. The molecule has 0 aromatic heterocycles. The van der Waals surface area contributed by atoms with Crippen LogP contribution in [0.3, 0.4) is 0 Å². The van der Waals surface area contributed by atoms with Gasteiger partial charge < -0.3 is 14.4 Å². The van der Waals surface area contributed by atoms with Crippen LogP contribution < -0.4 is 14.4 Å². The second-order valence-corrected chi connectivity index (χ2v) is 24.7. The van der Waals surface area contributed by atoms with E-state index in [2.05, 4.69) is 208 Å². The van der Waals surface area contributed by atoms with Crippen LogP contribution in [0.15, 0.2) is 310 Å². The molecule has 0 spiro atoms. The van der Waals surface area contributed by atoms with E-state index in [0.717, 1.165) is 106 Å². The molecule has 2 unspecified atom stereocenters. The Morgan fingerprint density at radius 3 is 1.07 bits per heavy atom. The van der Waals surface area contributed by atoms with Gasteiger partial charge in [0.1, 0.15) is 34.6 Å². The maximum Gasteiger partial charge on any atom is 0.127 e. The second kappa shape index (κ2) is 22.0. The summed E-state index contributed by atoms with van der Waals surface area (Å²) in [5.74, 6) is 2.18. The van der Waals surface area contributed by atoms with Crippen molar-refractivity contribution in [2.45, 2.75) is 30.1 Å². The molecule has 440 valence electrons. The SMILES string of the molecule is C=Cc1ccc(Oc2ccc(C3(c4ccc(F)cc4)c4ccccc4-c4ccc(N(c5ccc(-c6ccc7c(c6)-c6ccccc6C7(C)C)cc5)c5ccc6c(c5)C(c5ccc(F)cc5)(c5ccc(Oc7ccc(C=C)cc7)cc5)c5ccccc5-6)cc43)cc2)cc1. The van der Waals surface area contributed by atoms with Gasteiger partial charge in [-0.1, -0.05) is 221 Å². The molecule has 0 radical (unpaired) electrons. The summed E-state index contributed by atoms with van der Waals surface area (Å²) in [5.41, 5.74) is 22.8. The van der Waals surface area contributed by atoms with Crippen molar-refractivity contribution in [1.82, 2.24) is 0 Å². The van der Waals surface area contributed by atoms with Crippen molar-refractivity contribution in [1.29, 1.82) is 0 Å². The molecule has 0 heterocycles. The lowest BCUT2D eigenvalue weighted by Gasteiger charge is -2.36. The first kappa shape index (κ1) is 55.9. The van der Waals surface area contributed by atoms with Crippen molar-refractivity contribution >= 4 is 29.2 Å². The topological polar surface area (TPSA) is 21.7 Å². The van der Waals surface area contributed by atoms with Crippen LogP contribution in [0.2, 0.25) is 0 Å². The minimum atomic E-state index is -0.904. The van der Waals surface area contributed by atoms with Gasteiger partial charge in [-0.3, -0.25) is 0 Å². The fourth-order valence-electron chi connectivity index (χ4n) is 15.1. The first-order chi connectivity index (χ1) is 45.0. The van der Waals surface area contributed by atoms with Crippen LogP contribution in [0.1, 0.15) is 80.6 Å². The molecule has 0 saturated carbocycles. The van der Waals surface area contributed by atoms with Gasteiger partial charge in [-0.05, 0) is 227 Å². The summed E-state index contributed by atoms with van der Waals surface area (Å²) in [5, 5.41) is 0. The smallest absolute Gasteiger partial charge is 0.127 e. The van der Waals surface area contributed by atoms with Crippen LogP contribution in [0, 0.1) is 11.6 Å². The van der Waals surface area contributed by atoms with E-state index in [9.17, 15) is 0 Å². The van der Waals surface area contributed by atoms with Crippen LogP contribution in [-0.4, -0.2) is 0 Å². The van der Waals surface area contributed by atoms with Gasteiger partial charge in [-0.25, -0.2) is 8.78 Å². The maximum atomic E-state index is 15.4. The zero-order valence-corrected chi connectivity index (χ0v) is 50.9. The summed E-state index contributed by atoms with van der Waals surface area (Å²) < 4.78 is 43.7. The number of rotatable bonds is 14. The predicted octanol–water partition coefficient (Wildman–Crippen LogP) is 23.0. The van der Waals surface area contributed by atoms with Gasteiger partial charge in [0, 0.05) is 22.5 Å². The van der Waals surface area contributed by atoms with Crippen LogP contribution in [-0.2, 0) is 16.2 Å². The Morgan fingerprint density at radius 1 is 0.304 bits per heavy atom. The van der Waals surface area contributed by atoms with Crippen LogP contribution in [0.4, 0.5) is 25.8 Å². The molecular formula is C87H61F2NO2. The average molecular weight is 1190 g/mol. The Morgan fingerprint density at radius 2 is 0.641 bits per heavy atom. The summed E-state index contributed by atoms with van der Waals surface area (Å²) in [6.07, 6.45) is 3.63. The highest BCUT2D eigenvalue weighted by Gasteiger charge is 2.49. The van der Waals surface area contributed by atoms with Crippen molar-refractivity contribution in [3.8, 4) is 67.5 Å². The van der Waals surface area contributed by atoms with E-state index in [4.69, 9.17) is 9.47 Å². The van der Waals surface area contributed by atoms with Gasteiger partial charge in [-0.2, -0.15) is 0 Å². The number of ether oxygens (including phenoxy) is 2. The lowest BCUT2D eigenvalue weighted by molar-refractivity contribution is 0.482. The van der Waals surface area contributed by atoms with E-state index in [1.54, 1.807) is 24.3 Å². The molecule has 3 aliphatic rings. The first-order valence-electron chi connectivity index (χ1n) is 31.2. The summed E-state index contributed by atoms with van der Waals surface area (Å²) in [6, 6.07) is 102. The minimum absolute atomic E-state index is 0.112. The molecule has 0 N–H and O–H groups in total. The lowest BCUT2D eigenvalue weighted by Crippen LogP contribution is -2.29. The molecule has 13 aromatic rings. The third kappa shape index (κ3) is 8.90. The Labute approximate surface area is 535 Å². The zero-order chi connectivity index (χ0) is 62.3. The van der Waals surface area contributed by atoms with Gasteiger partial charge in [0.2, 0.25) is 0 Å². The molecule has 3 nitrogen and oxygen atoms in total. The quantitative estimate of drug-likeness (QED) is 0.108. The van der Waals surface area contributed by atoms with Gasteiger partial charge >= 0.3 is 0 Å². The Kier molecular flexibility index (Phi) is 13.3. The van der Waals surface area contributed by atoms with Crippen molar-refractivity contribution in [2.24, 2.45) is 0 Å². The van der Waals surface area contributed by atoms with Crippen LogP contribution in [0.5, 0.6) is 23.0 Å². The highest BCUT2D eigenvalue weighted by molar-refractivity contribution is 5.93. The van der Waals surface area contributed by atoms with E-state index < -0.39 is 10.8 Å². The van der Waals surface area contributed by atoms with Gasteiger partial charge in [0.15, 0.2) is 0 Å². The molecule has 0 saturated heterocycles. The Hall–Kier alpha value is -11.4. The normalized spacial score (nSPS) is 15.9. The van der Waals surface area contributed by atoms with Gasteiger partial charge in [0.05, 0.1) is 10.8 Å². The van der Waals surface area contributed by atoms with E-state index >= 15 is 8.78 Å². The number of nitrogens with zero attached hydrogens (tertiary/aromatic N) is 1. The fourth-order valence-corrected chi connectivity index (χ4v) is 15.1. The largest absolute Gasteiger partial charge is 0.457 e. The van der Waals surface area contributed by atoms with Crippen molar-refractivity contribution in [2.75, 3.05) is 4.90 Å². The highest BCUT2D eigenvalue weighted by Crippen LogP contribution is 2.60. The molecule has 0 bridgehead atoms. The third-order valence-electron chi connectivity index (χ3n) is 19.4. The number of anilines is 3. The molecule has 0 fully saturated rings. The van der Waals surface area contributed by atoms with Crippen molar-refractivity contribution in [3.05, 3.63) is 389 Å². The van der Waals surface area contributed by atoms with Crippen molar-refractivity contribution in [3.63, 3.8) is 0 Å². The number of benzene rings is 13.